The highest BCUT2D eigenvalue weighted by Gasteiger charge is 2.27. The standard InChI is InChI=1S/C14H22N4O3/c1-2-10-4-3-5-18(8-10)14(21)17-12(13(19)20)6-11-7-15-9-16-11/h7,9-10,12H,2-6,8H2,1H3,(H,15,16)(H,17,21)(H,19,20)/t10?,12-/m1/s1. The quantitative estimate of drug-likeness (QED) is 0.761. The maximum absolute atomic E-state index is 12.2. The van der Waals surface area contributed by atoms with Crippen molar-refractivity contribution in [2.24, 2.45) is 5.92 Å². The Bertz CT molecular complexity index is 475. The number of aromatic nitrogens is 2. The number of hydrogen-bond acceptors (Lipinski definition) is 3. The molecule has 7 nitrogen and oxygen atoms in total. The van der Waals surface area contributed by atoms with Crippen molar-refractivity contribution in [2.45, 2.75) is 38.6 Å². The third kappa shape index (κ3) is 4.21. The second-order valence-corrected chi connectivity index (χ2v) is 5.48. The maximum atomic E-state index is 12.2. The number of likely N-dealkylation sites (tertiary alicyclic amines) is 1. The van der Waals surface area contributed by atoms with E-state index in [0.29, 0.717) is 24.7 Å². The molecule has 21 heavy (non-hydrogen) atoms. The van der Waals surface area contributed by atoms with Crippen LogP contribution in [0.4, 0.5) is 4.79 Å². The fraction of sp³-hybridized carbons (Fsp3) is 0.643. The van der Waals surface area contributed by atoms with Crippen LogP contribution in [0.5, 0.6) is 0 Å². The van der Waals surface area contributed by atoms with Gasteiger partial charge in [-0.25, -0.2) is 14.6 Å². The number of aromatic amines is 1. The lowest BCUT2D eigenvalue weighted by Crippen LogP contribution is -2.51. The Kier molecular flexibility index (Phi) is 5.19. The molecule has 3 N–H and O–H groups in total. The number of aliphatic carboxylic acids is 1. The Balaban J connectivity index is 1.93. The van der Waals surface area contributed by atoms with E-state index in [-0.39, 0.29) is 12.5 Å². The van der Waals surface area contributed by atoms with Crippen LogP contribution in [0.15, 0.2) is 12.5 Å². The predicted molar refractivity (Wildman–Crippen MR) is 76.8 cm³/mol. The van der Waals surface area contributed by atoms with Crippen LogP contribution < -0.4 is 5.32 Å². The van der Waals surface area contributed by atoms with Gasteiger partial charge in [0.1, 0.15) is 6.04 Å². The average molecular weight is 294 g/mol. The number of carbonyl (C=O) groups is 2. The van der Waals surface area contributed by atoms with Gasteiger partial charge in [-0.15, -0.1) is 0 Å². The Labute approximate surface area is 123 Å². The molecule has 1 fully saturated rings. The summed E-state index contributed by atoms with van der Waals surface area (Å²) in [5.41, 5.74) is 0.688. The summed E-state index contributed by atoms with van der Waals surface area (Å²) >= 11 is 0. The Morgan fingerprint density at radius 3 is 3.05 bits per heavy atom. The van der Waals surface area contributed by atoms with Gasteiger partial charge in [0.05, 0.1) is 6.33 Å². The predicted octanol–water partition coefficient (Wildman–Crippen LogP) is 1.24. The van der Waals surface area contributed by atoms with Gasteiger partial charge in [-0.3, -0.25) is 0 Å². The van der Waals surface area contributed by atoms with Crippen LogP contribution in [0.2, 0.25) is 0 Å². The van der Waals surface area contributed by atoms with E-state index < -0.39 is 12.0 Å². The first-order chi connectivity index (χ1) is 10.1. The summed E-state index contributed by atoms with van der Waals surface area (Å²) in [6.07, 6.45) is 6.41. The second-order valence-electron chi connectivity index (χ2n) is 5.48. The van der Waals surface area contributed by atoms with Gasteiger partial charge in [0, 0.05) is 31.4 Å². The molecule has 1 aromatic rings. The molecule has 7 heteroatoms. The maximum Gasteiger partial charge on any atom is 0.326 e. The number of carboxylic acid groups (broad SMARTS) is 1. The highest BCUT2D eigenvalue weighted by atomic mass is 16.4. The minimum atomic E-state index is -1.04. The first kappa shape index (κ1) is 15.3. The van der Waals surface area contributed by atoms with Gasteiger partial charge in [0.2, 0.25) is 0 Å². The molecule has 1 unspecified atom stereocenters. The summed E-state index contributed by atoms with van der Waals surface area (Å²) < 4.78 is 0. The number of imidazole rings is 1. The fourth-order valence-electron chi connectivity index (χ4n) is 2.64. The van der Waals surface area contributed by atoms with Crippen molar-refractivity contribution in [1.29, 1.82) is 0 Å². The van der Waals surface area contributed by atoms with Gasteiger partial charge in [0.15, 0.2) is 0 Å². The molecular formula is C14H22N4O3. The van der Waals surface area contributed by atoms with E-state index in [2.05, 4.69) is 22.2 Å². The number of nitrogens with zero attached hydrogens (tertiary/aromatic N) is 2. The van der Waals surface area contributed by atoms with Crippen LogP contribution in [-0.4, -0.2) is 51.1 Å². The molecule has 1 aromatic heterocycles. The molecule has 0 radical (unpaired) electrons. The molecule has 2 rings (SSSR count). The van der Waals surface area contributed by atoms with Crippen molar-refractivity contribution in [1.82, 2.24) is 20.2 Å². The van der Waals surface area contributed by atoms with Crippen molar-refractivity contribution in [2.75, 3.05) is 13.1 Å². The van der Waals surface area contributed by atoms with Crippen LogP contribution >= 0.6 is 0 Å². The molecule has 1 aliphatic rings. The van der Waals surface area contributed by atoms with E-state index in [4.69, 9.17) is 0 Å². The number of amides is 2. The summed E-state index contributed by atoms with van der Waals surface area (Å²) in [6, 6.07) is -1.24. The molecule has 0 aliphatic carbocycles. The molecule has 0 aromatic carbocycles. The number of hydrogen-bond donors (Lipinski definition) is 3. The summed E-state index contributed by atoms with van der Waals surface area (Å²) in [7, 11) is 0. The highest BCUT2D eigenvalue weighted by Crippen LogP contribution is 2.19. The summed E-state index contributed by atoms with van der Waals surface area (Å²) in [5, 5.41) is 11.9. The van der Waals surface area contributed by atoms with Gasteiger partial charge >= 0.3 is 12.0 Å². The number of piperidine rings is 1. The van der Waals surface area contributed by atoms with Gasteiger partial charge < -0.3 is 20.3 Å². The van der Waals surface area contributed by atoms with E-state index in [1.165, 1.54) is 6.33 Å². The van der Waals surface area contributed by atoms with Crippen LogP contribution in [0, 0.1) is 5.92 Å². The summed E-state index contributed by atoms with van der Waals surface area (Å²) in [5.74, 6) is -0.526. The molecule has 1 aliphatic heterocycles. The summed E-state index contributed by atoms with van der Waals surface area (Å²) in [6.45, 7) is 3.52. The molecule has 2 amide bonds. The SMILES string of the molecule is CCC1CCCN(C(=O)N[C@H](Cc2cnc[nH]2)C(=O)O)C1. The van der Waals surface area contributed by atoms with Crippen LogP contribution in [0.3, 0.4) is 0 Å². The number of nitrogens with one attached hydrogen (secondary N) is 2. The zero-order valence-electron chi connectivity index (χ0n) is 12.2. The van der Waals surface area contributed by atoms with Gasteiger partial charge in [-0.2, -0.15) is 0 Å². The molecule has 0 bridgehead atoms. The number of rotatable bonds is 5. The normalized spacial score (nSPS) is 20.0. The van der Waals surface area contributed by atoms with Gasteiger partial charge in [0.25, 0.3) is 0 Å². The largest absolute Gasteiger partial charge is 0.480 e. The molecular weight excluding hydrogens is 272 g/mol. The van der Waals surface area contributed by atoms with Crippen LogP contribution in [0.25, 0.3) is 0 Å². The average Bonchev–Trinajstić information content (AvgIpc) is 2.99. The molecule has 0 saturated carbocycles. The van der Waals surface area contributed by atoms with Crippen molar-refractivity contribution >= 4 is 12.0 Å². The first-order valence-corrected chi connectivity index (χ1v) is 7.35. The smallest absolute Gasteiger partial charge is 0.326 e. The lowest BCUT2D eigenvalue weighted by molar-refractivity contribution is -0.139. The van der Waals surface area contributed by atoms with Crippen LogP contribution in [0.1, 0.15) is 31.9 Å². The Morgan fingerprint density at radius 2 is 2.43 bits per heavy atom. The van der Waals surface area contributed by atoms with E-state index in [9.17, 15) is 14.7 Å². The third-order valence-corrected chi connectivity index (χ3v) is 3.96. The van der Waals surface area contributed by atoms with Crippen molar-refractivity contribution in [3.63, 3.8) is 0 Å². The number of carboxylic acids is 1. The van der Waals surface area contributed by atoms with Gasteiger partial charge in [-0.05, 0) is 18.8 Å². The molecule has 1 saturated heterocycles. The molecule has 2 atom stereocenters. The molecule has 2 heterocycles. The zero-order valence-corrected chi connectivity index (χ0v) is 12.2. The van der Waals surface area contributed by atoms with Crippen molar-refractivity contribution in [3.05, 3.63) is 18.2 Å². The highest BCUT2D eigenvalue weighted by molar-refractivity contribution is 5.82. The number of urea groups is 1. The fourth-order valence-corrected chi connectivity index (χ4v) is 2.64. The summed E-state index contributed by atoms with van der Waals surface area (Å²) in [4.78, 5) is 32.0. The topological polar surface area (TPSA) is 98.3 Å². The van der Waals surface area contributed by atoms with E-state index >= 15 is 0 Å². The zero-order chi connectivity index (χ0) is 15.2. The van der Waals surface area contributed by atoms with Crippen molar-refractivity contribution < 1.29 is 14.7 Å². The number of carbonyl (C=O) groups excluding carboxylic acids is 1. The monoisotopic (exact) mass is 294 g/mol. The van der Waals surface area contributed by atoms with E-state index in [1.54, 1.807) is 11.1 Å². The molecule has 116 valence electrons. The molecule has 0 spiro atoms. The number of H-pyrrole nitrogens is 1. The lowest BCUT2D eigenvalue weighted by Gasteiger charge is -2.33. The van der Waals surface area contributed by atoms with E-state index in [1.807, 2.05) is 0 Å². The van der Waals surface area contributed by atoms with E-state index in [0.717, 1.165) is 19.3 Å². The minimum Gasteiger partial charge on any atom is -0.480 e. The Morgan fingerprint density at radius 1 is 1.62 bits per heavy atom. The Hall–Kier alpha value is -2.05. The minimum absolute atomic E-state index is 0.201. The van der Waals surface area contributed by atoms with Crippen molar-refractivity contribution in [3.8, 4) is 0 Å². The van der Waals surface area contributed by atoms with Gasteiger partial charge in [-0.1, -0.05) is 13.3 Å². The third-order valence-electron chi connectivity index (χ3n) is 3.96. The second kappa shape index (κ2) is 7.10. The lowest BCUT2D eigenvalue weighted by atomic mass is 9.96. The van der Waals surface area contributed by atoms with Crippen LogP contribution in [-0.2, 0) is 11.2 Å². The first-order valence-electron chi connectivity index (χ1n) is 7.35.